The van der Waals surface area contributed by atoms with Crippen molar-refractivity contribution in [2.75, 3.05) is 26.2 Å². The summed E-state index contributed by atoms with van der Waals surface area (Å²) >= 11 is 6.25. The van der Waals surface area contributed by atoms with Gasteiger partial charge in [-0.2, -0.15) is 0 Å². The first kappa shape index (κ1) is 31.0. The molecule has 9 heteroatoms. The average molecular weight is 608 g/mol. The van der Waals surface area contributed by atoms with Gasteiger partial charge in [-0.1, -0.05) is 48.0 Å². The summed E-state index contributed by atoms with van der Waals surface area (Å²) in [5.74, 6) is 0.0499. The average Bonchev–Trinajstić information content (AvgIpc) is 3.00. The predicted molar refractivity (Wildman–Crippen MR) is 165 cm³/mol. The lowest BCUT2D eigenvalue weighted by molar-refractivity contribution is -0.151. The van der Waals surface area contributed by atoms with Gasteiger partial charge in [-0.3, -0.25) is 19.4 Å². The van der Waals surface area contributed by atoms with Crippen molar-refractivity contribution in [1.82, 2.24) is 15.1 Å². The lowest BCUT2D eigenvalue weighted by atomic mass is 9.71. The van der Waals surface area contributed by atoms with Gasteiger partial charge in [0.2, 0.25) is 5.91 Å². The fourth-order valence-corrected chi connectivity index (χ4v) is 6.35. The molecule has 3 aromatic rings. The van der Waals surface area contributed by atoms with Crippen molar-refractivity contribution in [2.45, 2.75) is 63.1 Å². The maximum absolute atomic E-state index is 14.0. The van der Waals surface area contributed by atoms with E-state index in [0.29, 0.717) is 36.7 Å². The zero-order valence-corrected chi connectivity index (χ0v) is 25.4. The SMILES string of the molecule is CC(C)(C(=O)O)N1CCC(C(=O)NC2CCN(Cc3cccc(Oc4ccccc4Cl)c3)CC2)(c2ccc(F)cc2)CC1. The molecule has 228 valence electrons. The Morgan fingerprint density at radius 1 is 1.00 bits per heavy atom. The number of nitrogens with one attached hydrogen (secondary N) is 1. The lowest BCUT2D eigenvalue weighted by Crippen LogP contribution is -2.59. The highest BCUT2D eigenvalue weighted by Gasteiger charge is 2.47. The first-order valence-electron chi connectivity index (χ1n) is 14.9. The van der Waals surface area contributed by atoms with Crippen LogP contribution >= 0.6 is 11.6 Å². The molecule has 2 saturated heterocycles. The highest BCUT2D eigenvalue weighted by Crippen LogP contribution is 2.38. The molecule has 2 N–H and O–H groups in total. The van der Waals surface area contributed by atoms with Crippen molar-refractivity contribution in [2.24, 2.45) is 0 Å². The molecule has 2 heterocycles. The predicted octanol–water partition coefficient (Wildman–Crippen LogP) is 6.25. The Balaban J connectivity index is 1.20. The zero-order valence-electron chi connectivity index (χ0n) is 24.7. The number of carbonyl (C=O) groups is 2. The molecule has 2 aliphatic heterocycles. The van der Waals surface area contributed by atoms with Crippen LogP contribution in [0.4, 0.5) is 4.39 Å². The van der Waals surface area contributed by atoms with Crippen LogP contribution in [0.3, 0.4) is 0 Å². The number of hydrogen-bond acceptors (Lipinski definition) is 5. The van der Waals surface area contributed by atoms with Crippen molar-refractivity contribution in [3.05, 3.63) is 94.8 Å². The Hall–Kier alpha value is -3.46. The second-order valence-corrected chi connectivity index (χ2v) is 12.6. The molecule has 2 aliphatic rings. The summed E-state index contributed by atoms with van der Waals surface area (Å²) in [7, 11) is 0. The normalized spacial score (nSPS) is 18.2. The molecule has 7 nitrogen and oxygen atoms in total. The van der Waals surface area contributed by atoms with Crippen LogP contribution in [0.25, 0.3) is 0 Å². The van der Waals surface area contributed by atoms with Gasteiger partial charge in [0.15, 0.2) is 0 Å². The topological polar surface area (TPSA) is 82.1 Å². The van der Waals surface area contributed by atoms with Gasteiger partial charge in [-0.25, -0.2) is 4.39 Å². The van der Waals surface area contributed by atoms with E-state index in [9.17, 15) is 19.1 Å². The molecule has 0 spiro atoms. The van der Waals surface area contributed by atoms with Crippen molar-refractivity contribution in [1.29, 1.82) is 0 Å². The Morgan fingerprint density at radius 3 is 2.33 bits per heavy atom. The molecule has 1 amide bonds. The van der Waals surface area contributed by atoms with Crippen LogP contribution in [0, 0.1) is 5.82 Å². The van der Waals surface area contributed by atoms with Gasteiger partial charge in [0.25, 0.3) is 0 Å². The monoisotopic (exact) mass is 607 g/mol. The standard InChI is InChI=1S/C34H39ClFN3O4/c1-33(2,32(41)42)39-20-16-34(17-21-39,25-10-12-26(36)13-11-25)31(40)37-27-14-18-38(19-15-27)23-24-6-5-7-28(22-24)43-30-9-4-3-8-29(30)35/h3-13,22,27H,14-21,23H2,1-2H3,(H,37,40)(H,41,42). The Kier molecular flexibility index (Phi) is 9.39. The van der Waals surface area contributed by atoms with E-state index in [0.717, 1.165) is 49.4 Å². The minimum atomic E-state index is -1.03. The molecule has 0 aromatic heterocycles. The number of piperidine rings is 2. The summed E-state index contributed by atoms with van der Waals surface area (Å²) < 4.78 is 19.8. The molecular weight excluding hydrogens is 569 g/mol. The molecule has 0 bridgehead atoms. The lowest BCUT2D eigenvalue weighted by Gasteiger charge is -2.46. The molecule has 43 heavy (non-hydrogen) atoms. The number of hydrogen-bond donors (Lipinski definition) is 2. The van der Waals surface area contributed by atoms with E-state index in [1.165, 1.54) is 12.1 Å². The van der Waals surface area contributed by atoms with E-state index in [1.54, 1.807) is 32.0 Å². The summed E-state index contributed by atoms with van der Waals surface area (Å²) in [6, 6.07) is 21.6. The first-order chi connectivity index (χ1) is 20.6. The van der Waals surface area contributed by atoms with Crippen LogP contribution in [-0.2, 0) is 21.5 Å². The highest BCUT2D eigenvalue weighted by atomic mass is 35.5. The van der Waals surface area contributed by atoms with E-state index >= 15 is 0 Å². The molecule has 0 atom stereocenters. The number of likely N-dealkylation sites (tertiary alicyclic amines) is 2. The van der Waals surface area contributed by atoms with Crippen LogP contribution in [-0.4, -0.2) is 64.5 Å². The van der Waals surface area contributed by atoms with E-state index in [-0.39, 0.29) is 17.8 Å². The second kappa shape index (κ2) is 13.0. The van der Waals surface area contributed by atoms with Crippen molar-refractivity contribution >= 4 is 23.5 Å². The Bertz CT molecular complexity index is 1430. The quantitative estimate of drug-likeness (QED) is 0.299. The van der Waals surface area contributed by atoms with Gasteiger partial charge in [-0.05, 0) is 87.1 Å². The number of nitrogens with zero attached hydrogens (tertiary/aromatic N) is 2. The number of carbonyl (C=O) groups excluding carboxylic acids is 1. The number of halogens is 2. The summed E-state index contributed by atoms with van der Waals surface area (Å²) in [5, 5.41) is 13.6. The molecular formula is C34H39ClFN3O4. The van der Waals surface area contributed by atoms with Gasteiger partial charge < -0.3 is 15.2 Å². The summed E-state index contributed by atoms with van der Waals surface area (Å²) in [5.41, 5.74) is 0.0464. The van der Waals surface area contributed by atoms with Gasteiger partial charge in [0, 0.05) is 38.8 Å². The van der Waals surface area contributed by atoms with Gasteiger partial charge in [0.05, 0.1) is 10.4 Å². The summed E-state index contributed by atoms with van der Waals surface area (Å²) in [6.07, 6.45) is 2.57. The van der Waals surface area contributed by atoms with E-state index in [1.807, 2.05) is 41.3 Å². The van der Waals surface area contributed by atoms with Crippen molar-refractivity contribution < 1.29 is 23.8 Å². The highest BCUT2D eigenvalue weighted by molar-refractivity contribution is 6.32. The maximum atomic E-state index is 14.0. The van der Waals surface area contributed by atoms with Gasteiger partial charge >= 0.3 is 5.97 Å². The molecule has 0 aliphatic carbocycles. The van der Waals surface area contributed by atoms with E-state index in [2.05, 4.69) is 16.3 Å². The van der Waals surface area contributed by atoms with E-state index < -0.39 is 16.9 Å². The fourth-order valence-electron chi connectivity index (χ4n) is 6.18. The number of amides is 1. The number of para-hydroxylation sites is 1. The van der Waals surface area contributed by atoms with Crippen LogP contribution < -0.4 is 10.1 Å². The van der Waals surface area contributed by atoms with Crippen LogP contribution in [0.2, 0.25) is 5.02 Å². The third kappa shape index (κ3) is 7.03. The molecule has 3 aromatic carbocycles. The second-order valence-electron chi connectivity index (χ2n) is 12.1. The summed E-state index contributed by atoms with van der Waals surface area (Å²) in [6.45, 7) is 6.75. The maximum Gasteiger partial charge on any atom is 0.323 e. The minimum absolute atomic E-state index is 0.0319. The first-order valence-corrected chi connectivity index (χ1v) is 15.2. The van der Waals surface area contributed by atoms with Crippen molar-refractivity contribution in [3.8, 4) is 11.5 Å². The number of carboxylic acid groups (broad SMARTS) is 1. The van der Waals surface area contributed by atoms with Gasteiger partial charge in [0.1, 0.15) is 22.9 Å². The number of benzene rings is 3. The molecule has 2 fully saturated rings. The van der Waals surface area contributed by atoms with E-state index in [4.69, 9.17) is 16.3 Å². The molecule has 0 radical (unpaired) electrons. The molecule has 0 unspecified atom stereocenters. The van der Waals surface area contributed by atoms with Crippen LogP contribution in [0.5, 0.6) is 11.5 Å². The fraction of sp³-hybridized carbons (Fsp3) is 0.412. The zero-order chi connectivity index (χ0) is 30.6. The van der Waals surface area contributed by atoms with Crippen LogP contribution in [0.15, 0.2) is 72.8 Å². The number of ether oxygens (including phenoxy) is 1. The molecule has 0 saturated carbocycles. The van der Waals surface area contributed by atoms with Crippen LogP contribution in [0.1, 0.15) is 50.7 Å². The molecule has 5 rings (SSSR count). The van der Waals surface area contributed by atoms with Crippen molar-refractivity contribution in [3.63, 3.8) is 0 Å². The van der Waals surface area contributed by atoms with Gasteiger partial charge in [-0.15, -0.1) is 0 Å². The Morgan fingerprint density at radius 2 is 1.67 bits per heavy atom. The largest absolute Gasteiger partial charge is 0.480 e. The summed E-state index contributed by atoms with van der Waals surface area (Å²) in [4.78, 5) is 30.1. The smallest absolute Gasteiger partial charge is 0.323 e. The number of carboxylic acids is 1. The third-order valence-electron chi connectivity index (χ3n) is 9.05. The number of aliphatic carboxylic acids is 1. The minimum Gasteiger partial charge on any atom is -0.480 e. The third-order valence-corrected chi connectivity index (χ3v) is 9.37. The Labute approximate surface area is 257 Å². The number of rotatable bonds is 9.